The van der Waals surface area contributed by atoms with Gasteiger partial charge < -0.3 is 5.32 Å². The molecule has 2 unspecified atom stereocenters. The Labute approximate surface area is 118 Å². The van der Waals surface area contributed by atoms with E-state index in [1.54, 1.807) is 0 Å². The largest absolute Gasteiger partial charge is 0.317 e. The second-order valence-corrected chi connectivity index (χ2v) is 7.53. The molecule has 1 N–H and O–H groups in total. The second kappa shape index (κ2) is 5.77. The zero-order valence-electron chi connectivity index (χ0n) is 10.7. The van der Waals surface area contributed by atoms with Crippen LogP contribution in [-0.2, 0) is 9.84 Å². The molecule has 0 amide bonds. The number of rotatable bonds is 3. The summed E-state index contributed by atoms with van der Waals surface area (Å²) in [6.45, 7) is 0. The van der Waals surface area contributed by atoms with E-state index in [0.29, 0.717) is 12.8 Å². The topological polar surface area (TPSA) is 46.2 Å². The van der Waals surface area contributed by atoms with Crippen LogP contribution in [0.1, 0.15) is 25.7 Å². The molecule has 0 aliphatic heterocycles. The van der Waals surface area contributed by atoms with Crippen molar-refractivity contribution in [3.8, 4) is 0 Å². The Morgan fingerprint density at radius 1 is 1.37 bits per heavy atom. The normalized spacial score (nSPS) is 24.4. The Hall–Kier alpha value is -0.650. The van der Waals surface area contributed by atoms with E-state index in [-0.39, 0.29) is 16.0 Å². The first-order valence-corrected chi connectivity index (χ1v) is 8.24. The minimum absolute atomic E-state index is 0.112. The number of benzene rings is 1. The summed E-state index contributed by atoms with van der Waals surface area (Å²) in [5.41, 5.74) is 0. The van der Waals surface area contributed by atoms with Gasteiger partial charge in [-0.05, 0) is 44.5 Å². The minimum atomic E-state index is -3.44. The van der Waals surface area contributed by atoms with Crippen LogP contribution in [0.15, 0.2) is 23.1 Å². The second-order valence-electron chi connectivity index (χ2n) is 4.90. The van der Waals surface area contributed by atoms with E-state index >= 15 is 0 Å². The molecule has 1 aromatic carbocycles. The standard InChI is InChI=1S/C13H17ClFNO2S/c1-16-9-3-2-4-10(7-9)19(17,18)11-5-6-13(15)12(14)8-11/h5-6,8-10,16H,2-4,7H2,1H3. The van der Waals surface area contributed by atoms with E-state index in [4.69, 9.17) is 11.6 Å². The molecule has 0 bridgehead atoms. The van der Waals surface area contributed by atoms with E-state index in [9.17, 15) is 12.8 Å². The van der Waals surface area contributed by atoms with Gasteiger partial charge in [-0.15, -0.1) is 0 Å². The molecular weight excluding hydrogens is 289 g/mol. The van der Waals surface area contributed by atoms with Gasteiger partial charge in [0.05, 0.1) is 15.2 Å². The molecule has 0 aromatic heterocycles. The van der Waals surface area contributed by atoms with Crippen molar-refractivity contribution in [1.29, 1.82) is 0 Å². The minimum Gasteiger partial charge on any atom is -0.317 e. The van der Waals surface area contributed by atoms with Crippen LogP contribution >= 0.6 is 11.6 Å². The Bertz CT molecular complexity index is 562. The van der Waals surface area contributed by atoms with Crippen LogP contribution in [0, 0.1) is 5.82 Å². The van der Waals surface area contributed by atoms with Crippen molar-refractivity contribution < 1.29 is 12.8 Å². The molecule has 0 heterocycles. The van der Waals surface area contributed by atoms with Gasteiger partial charge in [-0.1, -0.05) is 18.0 Å². The van der Waals surface area contributed by atoms with Crippen LogP contribution in [0.5, 0.6) is 0 Å². The summed E-state index contributed by atoms with van der Waals surface area (Å²) >= 11 is 5.66. The SMILES string of the molecule is CNC1CCCC(S(=O)(=O)c2ccc(F)c(Cl)c2)C1. The fraction of sp³-hybridized carbons (Fsp3) is 0.538. The van der Waals surface area contributed by atoms with Crippen molar-refractivity contribution >= 4 is 21.4 Å². The van der Waals surface area contributed by atoms with Gasteiger partial charge in [0, 0.05) is 6.04 Å². The molecule has 0 spiro atoms. The van der Waals surface area contributed by atoms with E-state index in [1.165, 1.54) is 12.1 Å². The van der Waals surface area contributed by atoms with Crippen LogP contribution in [0.3, 0.4) is 0 Å². The van der Waals surface area contributed by atoms with Crippen molar-refractivity contribution in [2.75, 3.05) is 7.05 Å². The van der Waals surface area contributed by atoms with Crippen molar-refractivity contribution in [3.05, 3.63) is 29.0 Å². The van der Waals surface area contributed by atoms with Crippen LogP contribution in [0.2, 0.25) is 5.02 Å². The number of hydrogen-bond acceptors (Lipinski definition) is 3. The van der Waals surface area contributed by atoms with Crippen LogP contribution in [-0.4, -0.2) is 26.8 Å². The fourth-order valence-electron chi connectivity index (χ4n) is 2.54. The summed E-state index contributed by atoms with van der Waals surface area (Å²) in [7, 11) is -1.59. The fourth-order valence-corrected chi connectivity index (χ4v) is 4.67. The predicted octanol–water partition coefficient (Wildman–Crippen LogP) is 2.78. The third kappa shape index (κ3) is 3.09. The van der Waals surface area contributed by atoms with E-state index in [0.717, 1.165) is 18.9 Å². The Morgan fingerprint density at radius 3 is 2.74 bits per heavy atom. The van der Waals surface area contributed by atoms with E-state index in [1.807, 2.05) is 7.05 Å². The molecule has 19 heavy (non-hydrogen) atoms. The van der Waals surface area contributed by atoms with Crippen molar-refractivity contribution in [1.82, 2.24) is 5.32 Å². The molecule has 1 aromatic rings. The zero-order chi connectivity index (χ0) is 14.0. The molecule has 0 saturated heterocycles. The lowest BCUT2D eigenvalue weighted by Gasteiger charge is -2.28. The summed E-state index contributed by atoms with van der Waals surface area (Å²) < 4.78 is 38.1. The molecule has 6 heteroatoms. The Balaban J connectivity index is 2.28. The third-order valence-electron chi connectivity index (χ3n) is 3.69. The molecule has 3 nitrogen and oxygen atoms in total. The van der Waals surface area contributed by atoms with E-state index in [2.05, 4.69) is 5.32 Å². The van der Waals surface area contributed by atoms with Crippen LogP contribution in [0.25, 0.3) is 0 Å². The quantitative estimate of drug-likeness (QED) is 0.874. The molecule has 106 valence electrons. The average Bonchev–Trinajstić information content (AvgIpc) is 2.41. The van der Waals surface area contributed by atoms with Gasteiger partial charge in [0.25, 0.3) is 0 Å². The number of halogens is 2. The monoisotopic (exact) mass is 305 g/mol. The zero-order valence-corrected chi connectivity index (χ0v) is 12.3. The Morgan fingerprint density at radius 2 is 2.11 bits per heavy atom. The highest BCUT2D eigenvalue weighted by Gasteiger charge is 2.32. The molecule has 1 fully saturated rings. The summed E-state index contributed by atoms with van der Waals surface area (Å²) in [5.74, 6) is -0.600. The molecular formula is C13H17ClFNO2S. The van der Waals surface area contributed by atoms with Gasteiger partial charge >= 0.3 is 0 Å². The maximum absolute atomic E-state index is 13.1. The lowest BCUT2D eigenvalue weighted by Crippen LogP contribution is -2.37. The van der Waals surface area contributed by atoms with Gasteiger partial charge in [-0.3, -0.25) is 0 Å². The smallest absolute Gasteiger partial charge is 0.181 e. The van der Waals surface area contributed by atoms with Crippen LogP contribution < -0.4 is 5.32 Å². The molecule has 2 atom stereocenters. The highest BCUT2D eigenvalue weighted by molar-refractivity contribution is 7.92. The third-order valence-corrected chi connectivity index (χ3v) is 6.20. The number of hydrogen-bond donors (Lipinski definition) is 1. The van der Waals surface area contributed by atoms with Gasteiger partial charge in [0.1, 0.15) is 5.82 Å². The van der Waals surface area contributed by atoms with Crippen molar-refractivity contribution in [3.63, 3.8) is 0 Å². The molecule has 1 saturated carbocycles. The van der Waals surface area contributed by atoms with Gasteiger partial charge in [0.2, 0.25) is 0 Å². The Kier molecular flexibility index (Phi) is 4.48. The average molecular weight is 306 g/mol. The highest BCUT2D eigenvalue weighted by atomic mass is 35.5. The first-order valence-electron chi connectivity index (χ1n) is 6.31. The van der Waals surface area contributed by atoms with E-state index < -0.39 is 20.9 Å². The van der Waals surface area contributed by atoms with Crippen molar-refractivity contribution in [2.24, 2.45) is 0 Å². The van der Waals surface area contributed by atoms with Gasteiger partial charge in [-0.25, -0.2) is 12.8 Å². The van der Waals surface area contributed by atoms with Gasteiger partial charge in [-0.2, -0.15) is 0 Å². The summed E-state index contributed by atoms with van der Waals surface area (Å²) in [4.78, 5) is 0.112. The molecule has 0 radical (unpaired) electrons. The first-order chi connectivity index (χ1) is 8.95. The van der Waals surface area contributed by atoms with Crippen molar-refractivity contribution in [2.45, 2.75) is 41.9 Å². The first kappa shape index (κ1) is 14.8. The lowest BCUT2D eigenvalue weighted by atomic mass is 9.95. The summed E-state index contributed by atoms with van der Waals surface area (Å²) in [6.07, 6.45) is 3.11. The number of nitrogens with one attached hydrogen (secondary N) is 1. The molecule has 1 aliphatic rings. The highest BCUT2D eigenvalue weighted by Crippen LogP contribution is 2.30. The molecule has 2 rings (SSSR count). The maximum Gasteiger partial charge on any atom is 0.181 e. The predicted molar refractivity (Wildman–Crippen MR) is 73.7 cm³/mol. The maximum atomic E-state index is 13.1. The van der Waals surface area contributed by atoms with Gasteiger partial charge in [0.15, 0.2) is 9.84 Å². The lowest BCUT2D eigenvalue weighted by molar-refractivity contribution is 0.390. The molecule has 1 aliphatic carbocycles. The summed E-state index contributed by atoms with van der Waals surface area (Å²) in [6, 6.07) is 3.83. The number of sulfone groups is 1. The summed E-state index contributed by atoms with van der Waals surface area (Å²) in [5, 5.41) is 2.56. The van der Waals surface area contributed by atoms with Crippen LogP contribution in [0.4, 0.5) is 4.39 Å².